The summed E-state index contributed by atoms with van der Waals surface area (Å²) in [5, 5.41) is 3.01. The van der Waals surface area contributed by atoms with E-state index in [2.05, 4.69) is 5.32 Å². The molecule has 1 saturated heterocycles. The molecule has 1 aromatic carbocycles. The van der Waals surface area contributed by atoms with E-state index in [1.54, 1.807) is 16.4 Å². The maximum Gasteiger partial charge on any atom is 0.243 e. The molecular formula is C14H22N2O3S. The highest BCUT2D eigenvalue weighted by molar-refractivity contribution is 7.89. The van der Waals surface area contributed by atoms with E-state index in [1.165, 1.54) is 0 Å². The van der Waals surface area contributed by atoms with Gasteiger partial charge in [0, 0.05) is 19.1 Å². The number of hydrogen-bond donors (Lipinski definition) is 1. The van der Waals surface area contributed by atoms with Crippen molar-refractivity contribution in [2.24, 2.45) is 0 Å². The lowest BCUT2D eigenvalue weighted by Gasteiger charge is -2.36. The fraction of sp³-hybridized carbons (Fsp3) is 0.571. The first kappa shape index (κ1) is 15.4. The summed E-state index contributed by atoms with van der Waals surface area (Å²) in [6, 6.07) is 7.00. The summed E-state index contributed by atoms with van der Waals surface area (Å²) >= 11 is 0. The molecular weight excluding hydrogens is 276 g/mol. The molecule has 1 aromatic rings. The van der Waals surface area contributed by atoms with E-state index in [1.807, 2.05) is 33.0 Å². The molecule has 0 bridgehead atoms. The molecule has 0 aliphatic carbocycles. The Kier molecular flexibility index (Phi) is 4.80. The normalized spacial score (nSPS) is 24.8. The minimum absolute atomic E-state index is 0.0718. The van der Waals surface area contributed by atoms with Gasteiger partial charge in [-0.25, -0.2) is 8.42 Å². The molecule has 5 nitrogen and oxygen atoms in total. The van der Waals surface area contributed by atoms with Crippen LogP contribution in [0.4, 0.5) is 0 Å². The fourth-order valence-corrected chi connectivity index (χ4v) is 4.34. The second-order valence-electron chi connectivity index (χ2n) is 5.21. The van der Waals surface area contributed by atoms with Gasteiger partial charge in [-0.2, -0.15) is 4.31 Å². The molecule has 1 heterocycles. The highest BCUT2D eigenvalue weighted by Gasteiger charge is 2.35. The third-order valence-corrected chi connectivity index (χ3v) is 5.56. The molecule has 0 radical (unpaired) electrons. The molecule has 1 aliphatic rings. The van der Waals surface area contributed by atoms with Gasteiger partial charge in [-0.3, -0.25) is 0 Å². The average Bonchev–Trinajstić information content (AvgIpc) is 2.42. The second-order valence-corrected chi connectivity index (χ2v) is 7.06. The second kappa shape index (κ2) is 6.22. The van der Waals surface area contributed by atoms with E-state index in [9.17, 15) is 8.42 Å². The van der Waals surface area contributed by atoms with E-state index >= 15 is 0 Å². The maximum atomic E-state index is 12.9. The molecule has 6 heteroatoms. The highest BCUT2D eigenvalue weighted by atomic mass is 32.2. The van der Waals surface area contributed by atoms with Crippen LogP contribution in [0.1, 0.15) is 19.4 Å². The number of nitrogens with one attached hydrogen (secondary N) is 1. The van der Waals surface area contributed by atoms with Crippen molar-refractivity contribution in [3.63, 3.8) is 0 Å². The van der Waals surface area contributed by atoms with Crippen molar-refractivity contribution in [2.75, 3.05) is 20.2 Å². The first-order valence-corrected chi connectivity index (χ1v) is 8.26. The van der Waals surface area contributed by atoms with Crippen molar-refractivity contribution in [3.05, 3.63) is 29.8 Å². The highest BCUT2D eigenvalue weighted by Crippen LogP contribution is 2.25. The molecule has 112 valence electrons. The summed E-state index contributed by atoms with van der Waals surface area (Å²) in [5.41, 5.74) is 0.793. The molecule has 0 amide bonds. The van der Waals surface area contributed by atoms with Gasteiger partial charge in [0.15, 0.2) is 0 Å². The molecule has 2 unspecified atom stereocenters. The smallest absolute Gasteiger partial charge is 0.243 e. The molecule has 2 rings (SSSR count). The van der Waals surface area contributed by atoms with E-state index in [-0.39, 0.29) is 12.1 Å². The monoisotopic (exact) mass is 298 g/mol. The molecule has 1 N–H and O–H groups in total. The minimum Gasteiger partial charge on any atom is -0.375 e. The molecule has 1 fully saturated rings. The van der Waals surface area contributed by atoms with E-state index in [4.69, 9.17) is 4.74 Å². The van der Waals surface area contributed by atoms with Crippen LogP contribution >= 0.6 is 0 Å². The largest absolute Gasteiger partial charge is 0.375 e. The van der Waals surface area contributed by atoms with Crippen molar-refractivity contribution >= 4 is 10.0 Å². The lowest BCUT2D eigenvalue weighted by atomic mass is 10.2. The van der Waals surface area contributed by atoms with Crippen LogP contribution in [0.2, 0.25) is 0 Å². The third kappa shape index (κ3) is 3.03. The van der Waals surface area contributed by atoms with Crippen LogP contribution in [0.15, 0.2) is 29.2 Å². The SMILES string of the molecule is CNCc1ccccc1S(=O)(=O)N1CC(C)OCC1C. The van der Waals surface area contributed by atoms with E-state index in [0.717, 1.165) is 5.56 Å². The molecule has 0 aromatic heterocycles. The van der Waals surface area contributed by atoms with Crippen molar-refractivity contribution < 1.29 is 13.2 Å². The predicted octanol–water partition coefficient (Wildman–Crippen LogP) is 1.20. The lowest BCUT2D eigenvalue weighted by molar-refractivity contribution is -0.0170. The van der Waals surface area contributed by atoms with E-state index < -0.39 is 10.0 Å². The third-order valence-electron chi connectivity index (χ3n) is 3.48. The van der Waals surface area contributed by atoms with Gasteiger partial charge in [0.25, 0.3) is 0 Å². The van der Waals surface area contributed by atoms with Gasteiger partial charge in [0.05, 0.1) is 17.6 Å². The maximum absolute atomic E-state index is 12.9. The number of nitrogens with zero attached hydrogens (tertiary/aromatic N) is 1. The van der Waals surface area contributed by atoms with Crippen molar-refractivity contribution in [3.8, 4) is 0 Å². The number of ether oxygens (including phenoxy) is 1. The molecule has 0 saturated carbocycles. The standard InChI is InChI=1S/C14H22N2O3S/c1-11-10-19-12(2)9-16(11)20(17,18)14-7-5-4-6-13(14)8-15-3/h4-7,11-12,15H,8-10H2,1-3H3. The fourth-order valence-electron chi connectivity index (χ4n) is 2.43. The Balaban J connectivity index is 2.39. The van der Waals surface area contributed by atoms with Gasteiger partial charge in [0.1, 0.15) is 0 Å². The first-order valence-electron chi connectivity index (χ1n) is 6.82. The summed E-state index contributed by atoms with van der Waals surface area (Å²) in [4.78, 5) is 0.385. The molecule has 1 aliphatic heterocycles. The Morgan fingerprint density at radius 1 is 1.35 bits per heavy atom. The number of benzene rings is 1. The summed E-state index contributed by atoms with van der Waals surface area (Å²) < 4.78 is 32.8. The number of morpholine rings is 1. The number of rotatable bonds is 4. The number of hydrogen-bond acceptors (Lipinski definition) is 4. The zero-order valence-corrected chi connectivity index (χ0v) is 13.0. The van der Waals surface area contributed by atoms with Gasteiger partial charge in [0.2, 0.25) is 10.0 Å². The Labute approximate surface area is 121 Å². The molecule has 2 atom stereocenters. The van der Waals surface area contributed by atoms with Gasteiger partial charge >= 0.3 is 0 Å². The predicted molar refractivity (Wildman–Crippen MR) is 78.0 cm³/mol. The zero-order chi connectivity index (χ0) is 14.8. The van der Waals surface area contributed by atoms with Gasteiger partial charge in [-0.1, -0.05) is 18.2 Å². The van der Waals surface area contributed by atoms with Crippen LogP contribution in [-0.4, -0.2) is 45.1 Å². The minimum atomic E-state index is -3.48. The van der Waals surface area contributed by atoms with Crippen LogP contribution < -0.4 is 5.32 Å². The van der Waals surface area contributed by atoms with E-state index in [0.29, 0.717) is 24.6 Å². The topological polar surface area (TPSA) is 58.6 Å². The summed E-state index contributed by atoms with van der Waals surface area (Å²) in [6.07, 6.45) is -0.0718. The Morgan fingerprint density at radius 2 is 2.05 bits per heavy atom. The molecule has 0 spiro atoms. The van der Waals surface area contributed by atoms with Crippen LogP contribution in [0.5, 0.6) is 0 Å². The van der Waals surface area contributed by atoms with Gasteiger partial charge in [-0.05, 0) is 32.5 Å². The summed E-state index contributed by atoms with van der Waals surface area (Å²) in [6.45, 7) is 5.15. The Bertz CT molecular complexity index is 559. The zero-order valence-electron chi connectivity index (χ0n) is 12.2. The Hall–Kier alpha value is -0.950. The molecule has 20 heavy (non-hydrogen) atoms. The quantitative estimate of drug-likeness (QED) is 0.907. The summed E-state index contributed by atoms with van der Waals surface area (Å²) in [7, 11) is -1.68. The first-order chi connectivity index (χ1) is 9.46. The van der Waals surface area contributed by atoms with Crippen molar-refractivity contribution in [2.45, 2.75) is 37.4 Å². The van der Waals surface area contributed by atoms with Crippen LogP contribution in [-0.2, 0) is 21.3 Å². The van der Waals surface area contributed by atoms with Gasteiger partial charge in [-0.15, -0.1) is 0 Å². The lowest BCUT2D eigenvalue weighted by Crippen LogP contribution is -2.50. The van der Waals surface area contributed by atoms with Crippen molar-refractivity contribution in [1.82, 2.24) is 9.62 Å². The summed E-state index contributed by atoms with van der Waals surface area (Å²) in [5.74, 6) is 0. The van der Waals surface area contributed by atoms with Crippen LogP contribution in [0, 0.1) is 0 Å². The average molecular weight is 298 g/mol. The van der Waals surface area contributed by atoms with Crippen LogP contribution in [0.3, 0.4) is 0 Å². The van der Waals surface area contributed by atoms with Gasteiger partial charge < -0.3 is 10.1 Å². The number of sulfonamides is 1. The van der Waals surface area contributed by atoms with Crippen molar-refractivity contribution in [1.29, 1.82) is 0 Å². The van der Waals surface area contributed by atoms with Crippen LogP contribution in [0.25, 0.3) is 0 Å². The Morgan fingerprint density at radius 3 is 2.75 bits per heavy atom.